The van der Waals surface area contributed by atoms with E-state index in [-0.39, 0.29) is 12.1 Å². The van der Waals surface area contributed by atoms with E-state index < -0.39 is 10.0 Å². The smallest absolute Gasteiger partial charge is 0.240 e. The Kier molecular flexibility index (Phi) is 6.09. The highest BCUT2D eigenvalue weighted by Gasteiger charge is 2.30. The maximum atomic E-state index is 12.8. The molecule has 0 aromatic heterocycles. The van der Waals surface area contributed by atoms with Crippen LogP contribution in [0.1, 0.15) is 24.1 Å². The lowest BCUT2D eigenvalue weighted by Gasteiger charge is -2.38. The Bertz CT molecular complexity index is 801. The predicted octanol–water partition coefficient (Wildman–Crippen LogP) is 2.74. The lowest BCUT2D eigenvalue weighted by atomic mass is 9.99. The van der Waals surface area contributed by atoms with E-state index in [9.17, 15) is 8.42 Å². The first-order valence-electron chi connectivity index (χ1n) is 8.93. The summed E-state index contributed by atoms with van der Waals surface area (Å²) >= 11 is 0. The predicted molar refractivity (Wildman–Crippen MR) is 103 cm³/mol. The van der Waals surface area contributed by atoms with E-state index in [1.165, 1.54) is 0 Å². The van der Waals surface area contributed by atoms with Crippen LogP contribution in [0.2, 0.25) is 0 Å². The third kappa shape index (κ3) is 4.51. The van der Waals surface area contributed by atoms with E-state index in [1.807, 2.05) is 44.2 Å². The van der Waals surface area contributed by atoms with Crippen LogP contribution in [-0.2, 0) is 14.8 Å². The summed E-state index contributed by atoms with van der Waals surface area (Å²) in [7, 11) is -3.58. The normalized spacial score (nSPS) is 18.4. The molecule has 0 spiro atoms. The van der Waals surface area contributed by atoms with Crippen molar-refractivity contribution < 1.29 is 13.2 Å². The maximum absolute atomic E-state index is 12.8. The number of hydrogen-bond donors (Lipinski definition) is 1. The second-order valence-corrected chi connectivity index (χ2v) is 8.44. The zero-order valence-electron chi connectivity index (χ0n) is 15.3. The topological polar surface area (TPSA) is 58.6 Å². The second kappa shape index (κ2) is 8.31. The van der Waals surface area contributed by atoms with Gasteiger partial charge in [0.2, 0.25) is 10.0 Å². The molecule has 2 atom stereocenters. The van der Waals surface area contributed by atoms with Crippen LogP contribution in [-0.4, -0.2) is 45.7 Å². The molecule has 6 heteroatoms. The van der Waals surface area contributed by atoms with Gasteiger partial charge >= 0.3 is 0 Å². The molecule has 1 aliphatic rings. The number of morpholine rings is 1. The monoisotopic (exact) mass is 374 g/mol. The number of nitrogens with one attached hydrogen (secondary N) is 1. The molecule has 1 heterocycles. The summed E-state index contributed by atoms with van der Waals surface area (Å²) < 4.78 is 34.0. The Labute approximate surface area is 156 Å². The number of nitrogens with zero attached hydrogens (tertiary/aromatic N) is 1. The molecule has 3 rings (SSSR count). The van der Waals surface area contributed by atoms with Gasteiger partial charge in [-0.1, -0.05) is 48.0 Å². The first-order chi connectivity index (χ1) is 12.5. The highest BCUT2D eigenvalue weighted by Crippen LogP contribution is 2.26. The molecule has 0 aliphatic carbocycles. The summed E-state index contributed by atoms with van der Waals surface area (Å²) in [5.74, 6) is 0. The fraction of sp³-hybridized carbons (Fsp3) is 0.400. The molecule has 5 nitrogen and oxygen atoms in total. The fourth-order valence-corrected chi connectivity index (χ4v) is 4.67. The fourth-order valence-electron chi connectivity index (χ4n) is 3.42. The van der Waals surface area contributed by atoms with E-state index in [0.29, 0.717) is 18.1 Å². The minimum atomic E-state index is -3.58. The molecule has 2 aromatic rings. The van der Waals surface area contributed by atoms with Crippen LogP contribution < -0.4 is 4.72 Å². The number of ether oxygens (including phenoxy) is 1. The molecule has 0 bridgehead atoms. The molecule has 140 valence electrons. The van der Waals surface area contributed by atoms with Crippen LogP contribution in [0.5, 0.6) is 0 Å². The summed E-state index contributed by atoms with van der Waals surface area (Å²) in [6.45, 7) is 6.78. The molecule has 1 fully saturated rings. The minimum absolute atomic E-state index is 0.0414. The Morgan fingerprint density at radius 2 is 1.62 bits per heavy atom. The molecule has 2 aromatic carbocycles. The molecule has 1 saturated heterocycles. The van der Waals surface area contributed by atoms with Crippen molar-refractivity contribution in [3.8, 4) is 0 Å². The van der Waals surface area contributed by atoms with Crippen molar-refractivity contribution in [1.29, 1.82) is 0 Å². The van der Waals surface area contributed by atoms with Crippen molar-refractivity contribution in [1.82, 2.24) is 9.62 Å². The Hall–Kier alpha value is -1.73. The Morgan fingerprint density at radius 3 is 2.23 bits per heavy atom. The van der Waals surface area contributed by atoms with Gasteiger partial charge in [0.15, 0.2) is 0 Å². The van der Waals surface area contributed by atoms with Gasteiger partial charge in [0.05, 0.1) is 24.2 Å². The standard InChI is InChI=1S/C20H26N2O3S/c1-16-8-10-19(11-9-16)26(23,24)21-17(2)20(18-6-4-3-5-7-18)22-12-14-25-15-13-22/h3-11,17,20-21H,12-15H2,1-2H3/t17-,20+/m1/s1. The van der Waals surface area contributed by atoms with Crippen molar-refractivity contribution in [2.45, 2.75) is 30.8 Å². The lowest BCUT2D eigenvalue weighted by Crippen LogP contribution is -2.48. The highest BCUT2D eigenvalue weighted by atomic mass is 32.2. The zero-order chi connectivity index (χ0) is 18.6. The number of aryl methyl sites for hydroxylation is 1. The molecule has 0 unspecified atom stereocenters. The van der Waals surface area contributed by atoms with Crippen LogP contribution in [0.25, 0.3) is 0 Å². The first kappa shape index (κ1) is 19.0. The van der Waals surface area contributed by atoms with Gasteiger partial charge in [-0.15, -0.1) is 0 Å². The van der Waals surface area contributed by atoms with Gasteiger partial charge in [-0.2, -0.15) is 0 Å². The average Bonchev–Trinajstić information content (AvgIpc) is 2.63. The van der Waals surface area contributed by atoms with Crippen molar-refractivity contribution in [3.05, 3.63) is 65.7 Å². The number of rotatable bonds is 6. The molecular formula is C20H26N2O3S. The number of sulfonamides is 1. The average molecular weight is 375 g/mol. The molecule has 1 aliphatic heterocycles. The van der Waals surface area contributed by atoms with Crippen molar-refractivity contribution in [2.75, 3.05) is 26.3 Å². The van der Waals surface area contributed by atoms with Crippen LogP contribution in [0.15, 0.2) is 59.5 Å². The number of hydrogen-bond acceptors (Lipinski definition) is 4. The van der Waals surface area contributed by atoms with Gasteiger partial charge in [-0.05, 0) is 31.5 Å². The van der Waals surface area contributed by atoms with E-state index in [4.69, 9.17) is 4.74 Å². The van der Waals surface area contributed by atoms with Crippen LogP contribution in [0, 0.1) is 6.92 Å². The second-order valence-electron chi connectivity index (χ2n) is 6.73. The molecular weight excluding hydrogens is 348 g/mol. The summed E-state index contributed by atoms with van der Waals surface area (Å²) in [5.41, 5.74) is 2.14. The maximum Gasteiger partial charge on any atom is 0.240 e. The summed E-state index contributed by atoms with van der Waals surface area (Å²) in [4.78, 5) is 2.59. The first-order valence-corrected chi connectivity index (χ1v) is 10.4. The van der Waals surface area contributed by atoms with Gasteiger partial charge in [-0.3, -0.25) is 4.90 Å². The van der Waals surface area contributed by atoms with E-state index in [0.717, 1.165) is 24.2 Å². The SMILES string of the molecule is Cc1ccc(S(=O)(=O)N[C@H](C)[C@@H](c2ccccc2)N2CCOCC2)cc1. The van der Waals surface area contributed by atoms with Crippen molar-refractivity contribution >= 4 is 10.0 Å². The largest absolute Gasteiger partial charge is 0.379 e. The molecule has 0 saturated carbocycles. The summed E-state index contributed by atoms with van der Waals surface area (Å²) in [6.07, 6.45) is 0. The molecule has 0 amide bonds. The quantitative estimate of drug-likeness (QED) is 0.845. The Balaban J connectivity index is 1.85. The van der Waals surface area contributed by atoms with Crippen LogP contribution in [0.4, 0.5) is 0 Å². The van der Waals surface area contributed by atoms with Gasteiger partial charge in [0, 0.05) is 19.1 Å². The number of benzene rings is 2. The van der Waals surface area contributed by atoms with E-state index >= 15 is 0 Å². The highest BCUT2D eigenvalue weighted by molar-refractivity contribution is 7.89. The zero-order valence-corrected chi connectivity index (χ0v) is 16.1. The van der Waals surface area contributed by atoms with Crippen LogP contribution >= 0.6 is 0 Å². The van der Waals surface area contributed by atoms with Gasteiger partial charge in [0.25, 0.3) is 0 Å². The third-order valence-electron chi connectivity index (χ3n) is 4.73. The molecule has 26 heavy (non-hydrogen) atoms. The summed E-state index contributed by atoms with van der Waals surface area (Å²) in [5, 5.41) is 0. The van der Waals surface area contributed by atoms with Gasteiger partial charge in [-0.25, -0.2) is 13.1 Å². The van der Waals surface area contributed by atoms with Gasteiger partial charge in [0.1, 0.15) is 0 Å². The van der Waals surface area contributed by atoms with E-state index in [1.54, 1.807) is 12.1 Å². The summed E-state index contributed by atoms with van der Waals surface area (Å²) in [6, 6.07) is 16.7. The minimum Gasteiger partial charge on any atom is -0.379 e. The van der Waals surface area contributed by atoms with Crippen molar-refractivity contribution in [3.63, 3.8) is 0 Å². The molecule has 0 radical (unpaired) electrons. The third-order valence-corrected chi connectivity index (χ3v) is 6.30. The van der Waals surface area contributed by atoms with E-state index in [2.05, 4.69) is 21.8 Å². The lowest BCUT2D eigenvalue weighted by molar-refractivity contribution is 0.0105. The van der Waals surface area contributed by atoms with Crippen LogP contribution in [0.3, 0.4) is 0 Å². The van der Waals surface area contributed by atoms with Crippen molar-refractivity contribution in [2.24, 2.45) is 0 Å². The molecule has 1 N–H and O–H groups in total. The van der Waals surface area contributed by atoms with Gasteiger partial charge < -0.3 is 4.74 Å². The Morgan fingerprint density at radius 1 is 1.00 bits per heavy atom.